The van der Waals surface area contributed by atoms with Crippen LogP contribution in [-0.4, -0.2) is 37.4 Å². The van der Waals surface area contributed by atoms with Gasteiger partial charge in [0, 0.05) is 19.2 Å². The van der Waals surface area contributed by atoms with E-state index in [1.54, 1.807) is 21.0 Å². The molecule has 1 rings (SSSR count). The highest BCUT2D eigenvalue weighted by Gasteiger charge is 2.17. The Balaban J connectivity index is 2.71. The van der Waals surface area contributed by atoms with Gasteiger partial charge in [-0.3, -0.25) is 4.79 Å². The van der Waals surface area contributed by atoms with Crippen molar-refractivity contribution in [3.8, 4) is 5.75 Å². The van der Waals surface area contributed by atoms with Crippen molar-refractivity contribution < 1.29 is 19.4 Å². The molecule has 0 spiro atoms. The largest absolute Gasteiger partial charge is 0.481 e. The molecule has 0 saturated heterocycles. The first kappa shape index (κ1) is 16.5. The predicted octanol–water partition coefficient (Wildman–Crippen LogP) is 1.58. The van der Waals surface area contributed by atoms with E-state index in [9.17, 15) is 9.90 Å². The number of methoxy groups -OCH3 is 1. The first-order chi connectivity index (χ1) is 9.45. The summed E-state index contributed by atoms with van der Waals surface area (Å²) in [7, 11) is 1.58. The normalized spacial score (nSPS) is 13.7. The Morgan fingerprint density at radius 3 is 2.70 bits per heavy atom. The first-order valence-corrected chi connectivity index (χ1v) is 6.67. The highest BCUT2D eigenvalue weighted by atomic mass is 16.5. The monoisotopic (exact) mass is 281 g/mol. The molecular weight excluding hydrogens is 258 g/mol. The second kappa shape index (κ2) is 7.87. The van der Waals surface area contributed by atoms with Crippen molar-refractivity contribution in [2.75, 3.05) is 20.3 Å². The molecule has 0 aliphatic carbocycles. The minimum Gasteiger partial charge on any atom is -0.481 e. The number of aryl methyl sites for hydroxylation is 1. The number of benzene rings is 1. The van der Waals surface area contributed by atoms with E-state index in [1.165, 1.54) is 0 Å². The molecule has 5 nitrogen and oxygen atoms in total. The summed E-state index contributed by atoms with van der Waals surface area (Å²) in [5.74, 6) is 0.328. The number of amides is 1. The Labute approximate surface area is 119 Å². The summed E-state index contributed by atoms with van der Waals surface area (Å²) in [5, 5.41) is 12.4. The molecule has 2 N–H and O–H groups in total. The maximum atomic E-state index is 11.8. The smallest absolute Gasteiger partial charge is 0.260 e. The molecule has 0 aromatic heterocycles. The summed E-state index contributed by atoms with van der Waals surface area (Å²) in [6, 6.07) is 5.53. The number of rotatable bonds is 7. The number of nitrogens with one attached hydrogen (secondary N) is 1. The number of aliphatic hydroxyl groups is 1. The van der Waals surface area contributed by atoms with Crippen molar-refractivity contribution >= 4 is 5.91 Å². The zero-order valence-corrected chi connectivity index (χ0v) is 12.5. The van der Waals surface area contributed by atoms with Crippen LogP contribution in [0, 0.1) is 6.92 Å². The summed E-state index contributed by atoms with van der Waals surface area (Å²) < 4.78 is 10.5. The van der Waals surface area contributed by atoms with Gasteiger partial charge in [0.05, 0.1) is 12.7 Å². The van der Waals surface area contributed by atoms with Gasteiger partial charge in [0.2, 0.25) is 0 Å². The van der Waals surface area contributed by atoms with Crippen molar-refractivity contribution in [1.82, 2.24) is 5.32 Å². The fraction of sp³-hybridized carbons (Fsp3) is 0.533. The van der Waals surface area contributed by atoms with E-state index in [1.807, 2.05) is 25.1 Å². The molecule has 0 fully saturated rings. The van der Waals surface area contributed by atoms with Gasteiger partial charge < -0.3 is 19.9 Å². The van der Waals surface area contributed by atoms with Crippen LogP contribution in [0.4, 0.5) is 0 Å². The van der Waals surface area contributed by atoms with Gasteiger partial charge in [-0.05, 0) is 32.4 Å². The van der Waals surface area contributed by atoms with Crippen LogP contribution in [0.15, 0.2) is 18.2 Å². The third-order valence-electron chi connectivity index (χ3n) is 2.90. The Morgan fingerprint density at radius 2 is 2.10 bits per heavy atom. The van der Waals surface area contributed by atoms with Crippen LogP contribution in [0.25, 0.3) is 0 Å². The predicted molar refractivity (Wildman–Crippen MR) is 76.8 cm³/mol. The average Bonchev–Trinajstić information content (AvgIpc) is 2.38. The second-order valence-corrected chi connectivity index (χ2v) is 4.76. The lowest BCUT2D eigenvalue weighted by molar-refractivity contribution is -0.127. The van der Waals surface area contributed by atoms with Gasteiger partial charge in [-0.2, -0.15) is 0 Å². The van der Waals surface area contributed by atoms with Crippen LogP contribution in [0.5, 0.6) is 5.75 Å². The van der Waals surface area contributed by atoms with Crippen molar-refractivity contribution in [2.45, 2.75) is 33.0 Å². The molecule has 112 valence electrons. The Hall–Kier alpha value is -1.59. The number of carbonyl (C=O) groups is 1. The van der Waals surface area contributed by atoms with Gasteiger partial charge in [-0.25, -0.2) is 0 Å². The molecule has 1 aromatic rings. The van der Waals surface area contributed by atoms with Gasteiger partial charge in [-0.15, -0.1) is 0 Å². The van der Waals surface area contributed by atoms with Crippen molar-refractivity contribution in [1.29, 1.82) is 0 Å². The standard InChI is InChI=1S/C15H23NO4/c1-10-5-6-13(11(2)17)14(9-10)20-12(3)15(18)16-7-8-19-4/h5-6,9,11-12,17H,7-8H2,1-4H3,(H,16,18). The van der Waals surface area contributed by atoms with E-state index in [4.69, 9.17) is 9.47 Å². The van der Waals surface area contributed by atoms with Gasteiger partial charge in [0.15, 0.2) is 6.10 Å². The van der Waals surface area contributed by atoms with Crippen LogP contribution >= 0.6 is 0 Å². The molecule has 1 aromatic carbocycles. The third kappa shape index (κ3) is 4.83. The number of hydrogen-bond donors (Lipinski definition) is 2. The van der Waals surface area contributed by atoms with Crippen LogP contribution in [0.1, 0.15) is 31.1 Å². The van der Waals surface area contributed by atoms with E-state index in [0.717, 1.165) is 5.56 Å². The molecule has 0 saturated carbocycles. The lowest BCUT2D eigenvalue weighted by atomic mass is 10.1. The summed E-state index contributed by atoms with van der Waals surface area (Å²) >= 11 is 0. The third-order valence-corrected chi connectivity index (χ3v) is 2.90. The van der Waals surface area contributed by atoms with Gasteiger partial charge in [0.1, 0.15) is 5.75 Å². The van der Waals surface area contributed by atoms with Crippen molar-refractivity contribution in [2.24, 2.45) is 0 Å². The van der Waals surface area contributed by atoms with Gasteiger partial charge in [0.25, 0.3) is 5.91 Å². The van der Waals surface area contributed by atoms with E-state index in [0.29, 0.717) is 24.5 Å². The van der Waals surface area contributed by atoms with Crippen LogP contribution in [0.3, 0.4) is 0 Å². The molecule has 20 heavy (non-hydrogen) atoms. The molecule has 0 aliphatic heterocycles. The van der Waals surface area contributed by atoms with Crippen molar-refractivity contribution in [3.63, 3.8) is 0 Å². The molecule has 2 atom stereocenters. The van der Waals surface area contributed by atoms with Crippen LogP contribution < -0.4 is 10.1 Å². The minimum atomic E-state index is -0.644. The average molecular weight is 281 g/mol. The van der Waals surface area contributed by atoms with Gasteiger partial charge in [-0.1, -0.05) is 12.1 Å². The lowest BCUT2D eigenvalue weighted by Crippen LogP contribution is -2.38. The lowest BCUT2D eigenvalue weighted by Gasteiger charge is -2.19. The van der Waals surface area contributed by atoms with E-state index >= 15 is 0 Å². The Bertz CT molecular complexity index is 445. The maximum absolute atomic E-state index is 11.8. The van der Waals surface area contributed by atoms with Crippen molar-refractivity contribution in [3.05, 3.63) is 29.3 Å². The number of carbonyl (C=O) groups excluding carboxylic acids is 1. The SMILES string of the molecule is COCCNC(=O)C(C)Oc1cc(C)ccc1C(C)O. The van der Waals surface area contributed by atoms with E-state index in [-0.39, 0.29) is 5.91 Å². The molecule has 0 heterocycles. The van der Waals surface area contributed by atoms with Gasteiger partial charge >= 0.3 is 0 Å². The highest BCUT2D eigenvalue weighted by molar-refractivity contribution is 5.80. The maximum Gasteiger partial charge on any atom is 0.260 e. The molecule has 1 amide bonds. The first-order valence-electron chi connectivity index (χ1n) is 6.67. The molecular formula is C15H23NO4. The molecule has 5 heteroatoms. The van der Waals surface area contributed by atoms with Crippen LogP contribution in [0.2, 0.25) is 0 Å². The highest BCUT2D eigenvalue weighted by Crippen LogP contribution is 2.27. The zero-order valence-electron chi connectivity index (χ0n) is 12.5. The fourth-order valence-corrected chi connectivity index (χ4v) is 1.75. The zero-order chi connectivity index (χ0) is 15.1. The summed E-state index contributed by atoms with van der Waals surface area (Å²) in [6.07, 6.45) is -1.28. The molecule has 0 aliphatic rings. The Kier molecular flexibility index (Phi) is 6.48. The van der Waals surface area contributed by atoms with E-state index < -0.39 is 12.2 Å². The Morgan fingerprint density at radius 1 is 1.40 bits per heavy atom. The number of ether oxygens (including phenoxy) is 2. The molecule has 0 bridgehead atoms. The molecule has 0 radical (unpaired) electrons. The van der Waals surface area contributed by atoms with Crippen LogP contribution in [-0.2, 0) is 9.53 Å². The second-order valence-electron chi connectivity index (χ2n) is 4.76. The summed E-state index contributed by atoms with van der Waals surface area (Å²) in [6.45, 7) is 6.18. The quantitative estimate of drug-likeness (QED) is 0.745. The minimum absolute atomic E-state index is 0.208. The number of hydrogen-bond acceptors (Lipinski definition) is 4. The van der Waals surface area contributed by atoms with E-state index in [2.05, 4.69) is 5.32 Å². The number of aliphatic hydroxyl groups excluding tert-OH is 1. The molecule has 2 unspecified atom stereocenters. The topological polar surface area (TPSA) is 67.8 Å². The summed E-state index contributed by atoms with van der Waals surface area (Å²) in [4.78, 5) is 11.8. The fourth-order valence-electron chi connectivity index (χ4n) is 1.75. The summed E-state index contributed by atoms with van der Waals surface area (Å²) in [5.41, 5.74) is 1.68.